The van der Waals surface area contributed by atoms with Gasteiger partial charge in [-0.1, -0.05) is 6.07 Å². The third-order valence-corrected chi connectivity index (χ3v) is 7.97. The fourth-order valence-electron chi connectivity index (χ4n) is 4.34. The van der Waals surface area contributed by atoms with Crippen LogP contribution in [-0.2, 0) is 27.5 Å². The molecule has 12 heteroatoms. The molecule has 0 radical (unpaired) electrons. The van der Waals surface area contributed by atoms with E-state index in [4.69, 9.17) is 14.2 Å². The van der Waals surface area contributed by atoms with Crippen LogP contribution in [0.4, 0.5) is 13.2 Å². The first kappa shape index (κ1) is 24.6. The third kappa shape index (κ3) is 4.93. The summed E-state index contributed by atoms with van der Waals surface area (Å²) in [6.07, 6.45) is -3.79. The molecule has 8 nitrogen and oxygen atoms in total. The van der Waals surface area contributed by atoms with Crippen molar-refractivity contribution < 1.29 is 35.8 Å². The van der Waals surface area contributed by atoms with Crippen LogP contribution in [0.15, 0.2) is 52.2 Å². The topological polar surface area (TPSA) is 97.9 Å². The Hall–Kier alpha value is -3.09. The molecule has 1 fully saturated rings. The zero-order valence-corrected chi connectivity index (χ0v) is 19.8. The smallest absolute Gasteiger partial charge is 0.416 e. The summed E-state index contributed by atoms with van der Waals surface area (Å²) < 4.78 is 84.6. The molecule has 1 aromatic heterocycles. The van der Waals surface area contributed by atoms with Crippen molar-refractivity contribution in [3.63, 3.8) is 0 Å². The maximum absolute atomic E-state index is 13.5. The van der Waals surface area contributed by atoms with Crippen LogP contribution in [0.25, 0.3) is 10.9 Å². The quantitative estimate of drug-likeness (QED) is 0.528. The van der Waals surface area contributed by atoms with Gasteiger partial charge in [0.05, 0.1) is 22.1 Å². The number of nitrogens with one attached hydrogen (secondary N) is 1. The SMILES string of the molecule is O=c1[nH]c2cc3c(cc2cc1CN(C[C@@H]1CCCO1)S(=O)(=O)c1cccc(C(F)(F)F)c1)OCCO3. The first-order valence-electron chi connectivity index (χ1n) is 11.4. The Morgan fingerprint density at radius 1 is 1.03 bits per heavy atom. The highest BCUT2D eigenvalue weighted by molar-refractivity contribution is 7.89. The average Bonchev–Trinajstić information content (AvgIpc) is 3.35. The molecule has 3 heterocycles. The number of alkyl halides is 3. The Kier molecular flexibility index (Phi) is 6.43. The van der Waals surface area contributed by atoms with Crippen LogP contribution < -0.4 is 15.0 Å². The lowest BCUT2D eigenvalue weighted by atomic mass is 10.1. The van der Waals surface area contributed by atoms with E-state index in [9.17, 15) is 26.4 Å². The second kappa shape index (κ2) is 9.41. The lowest BCUT2D eigenvalue weighted by molar-refractivity contribution is -0.137. The van der Waals surface area contributed by atoms with Crippen molar-refractivity contribution in [3.05, 3.63) is 63.9 Å². The normalized spacial score (nSPS) is 18.2. The van der Waals surface area contributed by atoms with Gasteiger partial charge >= 0.3 is 6.18 Å². The number of nitrogens with zero attached hydrogens (tertiary/aromatic N) is 1. The van der Waals surface area contributed by atoms with Crippen LogP contribution in [0, 0.1) is 0 Å². The Balaban J connectivity index is 1.53. The standard InChI is InChI=1S/C24H23F3N2O6S/c25-24(26,27)17-3-1-5-19(11-17)36(31,32)29(14-18-4-2-6-33-18)13-16-9-15-10-21-22(35-8-7-34-21)12-20(15)28-23(16)30/h1,3,5,9-12,18H,2,4,6-8,13-14H2,(H,28,30)/t18-/m0/s1. The number of ether oxygens (including phenoxy) is 3. The van der Waals surface area contributed by atoms with Gasteiger partial charge in [0, 0.05) is 36.7 Å². The highest BCUT2D eigenvalue weighted by Crippen LogP contribution is 2.34. The summed E-state index contributed by atoms with van der Waals surface area (Å²) in [5.41, 5.74) is -0.973. The van der Waals surface area contributed by atoms with Gasteiger partial charge < -0.3 is 19.2 Å². The molecule has 0 aliphatic carbocycles. The lowest BCUT2D eigenvalue weighted by Crippen LogP contribution is -2.38. The lowest BCUT2D eigenvalue weighted by Gasteiger charge is -2.25. The van der Waals surface area contributed by atoms with Crippen LogP contribution in [0.3, 0.4) is 0 Å². The molecule has 1 saturated heterocycles. The second-order valence-electron chi connectivity index (χ2n) is 8.66. The van der Waals surface area contributed by atoms with Crippen LogP contribution in [0.1, 0.15) is 24.0 Å². The van der Waals surface area contributed by atoms with Crippen LogP contribution in [0.2, 0.25) is 0 Å². The Morgan fingerprint density at radius 3 is 2.47 bits per heavy atom. The Morgan fingerprint density at radius 2 is 1.78 bits per heavy atom. The van der Waals surface area contributed by atoms with Gasteiger partial charge in [-0.25, -0.2) is 8.42 Å². The fraction of sp³-hybridized carbons (Fsp3) is 0.375. The molecular weight excluding hydrogens is 501 g/mol. The monoisotopic (exact) mass is 524 g/mol. The van der Waals surface area contributed by atoms with Gasteiger partial charge in [-0.2, -0.15) is 17.5 Å². The number of hydrogen-bond acceptors (Lipinski definition) is 6. The summed E-state index contributed by atoms with van der Waals surface area (Å²) in [6, 6.07) is 8.45. The van der Waals surface area contributed by atoms with Gasteiger partial charge in [0.2, 0.25) is 10.0 Å². The molecule has 5 rings (SSSR count). The van der Waals surface area contributed by atoms with E-state index >= 15 is 0 Å². The van der Waals surface area contributed by atoms with Gasteiger partial charge in [-0.15, -0.1) is 0 Å². The van der Waals surface area contributed by atoms with E-state index in [2.05, 4.69) is 4.98 Å². The molecular formula is C24H23F3N2O6S. The van der Waals surface area contributed by atoms with Gasteiger partial charge in [-0.3, -0.25) is 4.79 Å². The Labute approximate surface area is 204 Å². The summed E-state index contributed by atoms with van der Waals surface area (Å²) in [5.74, 6) is 0.990. The number of H-pyrrole nitrogens is 1. The molecule has 192 valence electrons. The minimum Gasteiger partial charge on any atom is -0.486 e. The highest BCUT2D eigenvalue weighted by Gasteiger charge is 2.34. The van der Waals surface area contributed by atoms with Crippen molar-refractivity contribution in [1.82, 2.24) is 9.29 Å². The van der Waals surface area contributed by atoms with Crippen molar-refractivity contribution in [2.75, 3.05) is 26.4 Å². The number of fused-ring (bicyclic) bond motifs is 2. The Bertz CT molecular complexity index is 1450. The molecule has 2 aliphatic rings. The molecule has 3 aromatic rings. The largest absolute Gasteiger partial charge is 0.486 e. The van der Waals surface area contributed by atoms with E-state index in [1.165, 1.54) is 0 Å². The third-order valence-electron chi connectivity index (χ3n) is 6.16. The summed E-state index contributed by atoms with van der Waals surface area (Å²) in [6.45, 7) is 0.771. The van der Waals surface area contributed by atoms with Crippen LogP contribution in [0.5, 0.6) is 11.5 Å². The molecule has 0 amide bonds. The molecule has 1 atom stereocenters. The van der Waals surface area contributed by atoms with E-state index in [0.29, 0.717) is 54.7 Å². The average molecular weight is 525 g/mol. The van der Waals surface area contributed by atoms with Gasteiger partial charge in [-0.05, 0) is 43.2 Å². The second-order valence-corrected chi connectivity index (χ2v) is 10.6. The minimum atomic E-state index is -4.70. The first-order valence-corrected chi connectivity index (χ1v) is 12.8. The maximum atomic E-state index is 13.5. The maximum Gasteiger partial charge on any atom is 0.416 e. The van der Waals surface area contributed by atoms with Crippen molar-refractivity contribution in [3.8, 4) is 11.5 Å². The zero-order chi connectivity index (χ0) is 25.5. The number of rotatable bonds is 6. The molecule has 36 heavy (non-hydrogen) atoms. The molecule has 0 spiro atoms. The van der Waals surface area contributed by atoms with E-state index < -0.39 is 38.3 Å². The number of aromatic amines is 1. The van der Waals surface area contributed by atoms with E-state index in [1.807, 2.05) is 0 Å². The number of halogens is 3. The fourth-order valence-corrected chi connectivity index (χ4v) is 5.84. The molecule has 0 saturated carbocycles. The van der Waals surface area contributed by atoms with Crippen LogP contribution in [-0.4, -0.2) is 50.2 Å². The molecule has 2 aromatic carbocycles. The van der Waals surface area contributed by atoms with E-state index in [1.54, 1.807) is 18.2 Å². The van der Waals surface area contributed by atoms with Crippen molar-refractivity contribution in [2.45, 2.75) is 36.6 Å². The molecule has 2 aliphatic heterocycles. The predicted molar refractivity (Wildman–Crippen MR) is 124 cm³/mol. The van der Waals surface area contributed by atoms with Crippen molar-refractivity contribution in [1.29, 1.82) is 0 Å². The number of sulfonamides is 1. The highest BCUT2D eigenvalue weighted by atomic mass is 32.2. The van der Waals surface area contributed by atoms with Crippen molar-refractivity contribution in [2.24, 2.45) is 0 Å². The summed E-state index contributed by atoms with van der Waals surface area (Å²) in [4.78, 5) is 15.1. The molecule has 1 N–H and O–H groups in total. The zero-order valence-electron chi connectivity index (χ0n) is 19.0. The van der Waals surface area contributed by atoms with Crippen molar-refractivity contribution >= 4 is 20.9 Å². The van der Waals surface area contributed by atoms with Gasteiger partial charge in [0.1, 0.15) is 13.2 Å². The number of aromatic nitrogens is 1. The summed E-state index contributed by atoms with van der Waals surface area (Å²) in [5, 5.41) is 0.599. The van der Waals surface area contributed by atoms with E-state index in [0.717, 1.165) is 28.9 Å². The molecule has 0 bridgehead atoms. The van der Waals surface area contributed by atoms with Crippen LogP contribution >= 0.6 is 0 Å². The number of benzene rings is 2. The summed E-state index contributed by atoms with van der Waals surface area (Å²) >= 11 is 0. The summed E-state index contributed by atoms with van der Waals surface area (Å²) in [7, 11) is -4.40. The number of hydrogen-bond donors (Lipinski definition) is 1. The number of pyridine rings is 1. The van der Waals surface area contributed by atoms with Gasteiger partial charge in [0.15, 0.2) is 11.5 Å². The molecule has 0 unspecified atom stereocenters. The van der Waals surface area contributed by atoms with Gasteiger partial charge in [0.25, 0.3) is 5.56 Å². The van der Waals surface area contributed by atoms with E-state index in [-0.39, 0.29) is 18.7 Å². The first-order chi connectivity index (χ1) is 17.1. The minimum absolute atomic E-state index is 0.100. The predicted octanol–water partition coefficient (Wildman–Crippen LogP) is 3.69.